The van der Waals surface area contributed by atoms with Gasteiger partial charge in [-0.25, -0.2) is 4.79 Å². The van der Waals surface area contributed by atoms with E-state index >= 15 is 0 Å². The Kier molecular flexibility index (Phi) is 5.87. The molecule has 1 saturated carbocycles. The molecular formula is C22H31N3O4. The van der Waals surface area contributed by atoms with Crippen molar-refractivity contribution < 1.29 is 19.1 Å². The van der Waals surface area contributed by atoms with E-state index in [0.717, 1.165) is 22.6 Å². The van der Waals surface area contributed by atoms with Crippen molar-refractivity contribution in [1.82, 2.24) is 15.5 Å². The summed E-state index contributed by atoms with van der Waals surface area (Å²) in [5, 5.41) is 5.60. The van der Waals surface area contributed by atoms with Crippen LogP contribution in [0.1, 0.15) is 45.6 Å². The van der Waals surface area contributed by atoms with E-state index in [2.05, 4.69) is 31.4 Å². The fraction of sp³-hybridized carbons (Fsp3) is 0.591. The molecule has 2 atom stereocenters. The summed E-state index contributed by atoms with van der Waals surface area (Å²) in [6.45, 7) is 8.67. The van der Waals surface area contributed by atoms with Crippen molar-refractivity contribution in [3.63, 3.8) is 0 Å². The predicted octanol–water partition coefficient (Wildman–Crippen LogP) is 2.63. The minimum Gasteiger partial charge on any atom is -0.492 e. The molecule has 158 valence electrons. The van der Waals surface area contributed by atoms with Crippen LogP contribution in [0.2, 0.25) is 0 Å². The zero-order valence-electron chi connectivity index (χ0n) is 17.7. The molecule has 29 heavy (non-hydrogen) atoms. The first-order valence-electron chi connectivity index (χ1n) is 10.2. The van der Waals surface area contributed by atoms with E-state index in [-0.39, 0.29) is 23.8 Å². The van der Waals surface area contributed by atoms with E-state index in [0.29, 0.717) is 31.9 Å². The predicted molar refractivity (Wildman–Crippen MR) is 109 cm³/mol. The lowest BCUT2D eigenvalue weighted by Crippen LogP contribution is -2.54. The van der Waals surface area contributed by atoms with Gasteiger partial charge in [0.25, 0.3) is 5.91 Å². The van der Waals surface area contributed by atoms with Gasteiger partial charge in [-0.1, -0.05) is 38.5 Å². The number of nitrogens with zero attached hydrogens (tertiary/aromatic N) is 1. The third-order valence-electron chi connectivity index (χ3n) is 5.64. The molecule has 2 fully saturated rings. The van der Waals surface area contributed by atoms with Gasteiger partial charge in [0.05, 0.1) is 6.54 Å². The second-order valence-electron chi connectivity index (χ2n) is 9.27. The van der Waals surface area contributed by atoms with E-state index in [1.807, 2.05) is 31.2 Å². The highest BCUT2D eigenvalue weighted by Crippen LogP contribution is 2.46. The molecule has 1 aromatic rings. The van der Waals surface area contributed by atoms with Crippen molar-refractivity contribution in [3.05, 3.63) is 29.8 Å². The van der Waals surface area contributed by atoms with Gasteiger partial charge < -0.3 is 15.4 Å². The van der Waals surface area contributed by atoms with Crippen molar-refractivity contribution in [2.75, 3.05) is 19.7 Å². The lowest BCUT2D eigenvalue weighted by atomic mass is 9.64. The molecule has 1 saturated heterocycles. The van der Waals surface area contributed by atoms with E-state index in [4.69, 9.17) is 4.74 Å². The molecule has 0 bridgehead atoms. The summed E-state index contributed by atoms with van der Waals surface area (Å²) in [7, 11) is 0. The first-order valence-corrected chi connectivity index (χ1v) is 10.2. The molecule has 1 aliphatic carbocycles. The number of benzene rings is 1. The Hall–Kier alpha value is -2.57. The number of amides is 4. The van der Waals surface area contributed by atoms with Gasteiger partial charge in [0.1, 0.15) is 24.4 Å². The number of nitrogens with one attached hydrogen (secondary N) is 2. The van der Waals surface area contributed by atoms with Crippen LogP contribution in [0.25, 0.3) is 0 Å². The maximum Gasteiger partial charge on any atom is 0.325 e. The second-order valence-corrected chi connectivity index (χ2v) is 9.27. The van der Waals surface area contributed by atoms with Crippen LogP contribution in [0.3, 0.4) is 0 Å². The number of hydrogen-bond donors (Lipinski definition) is 2. The molecule has 1 aromatic carbocycles. The highest BCUT2D eigenvalue weighted by atomic mass is 16.5. The number of carbonyl (C=O) groups excluding carboxylic acids is 3. The van der Waals surface area contributed by atoms with Crippen LogP contribution in [0, 0.1) is 18.3 Å². The Morgan fingerprint density at radius 1 is 1.24 bits per heavy atom. The number of urea groups is 1. The molecular weight excluding hydrogens is 370 g/mol. The van der Waals surface area contributed by atoms with Crippen LogP contribution >= 0.6 is 0 Å². The molecule has 7 nitrogen and oxygen atoms in total. The summed E-state index contributed by atoms with van der Waals surface area (Å²) in [6.07, 6.45) is 2.22. The maximum atomic E-state index is 13.0. The average molecular weight is 402 g/mol. The van der Waals surface area contributed by atoms with Crippen LogP contribution in [0.5, 0.6) is 5.75 Å². The molecule has 1 aliphatic heterocycles. The number of rotatable bonds is 6. The zero-order valence-corrected chi connectivity index (χ0v) is 17.7. The molecule has 4 amide bonds. The van der Waals surface area contributed by atoms with Crippen LogP contribution in [-0.4, -0.2) is 48.0 Å². The van der Waals surface area contributed by atoms with Crippen molar-refractivity contribution in [3.8, 4) is 5.75 Å². The quantitative estimate of drug-likeness (QED) is 0.567. The summed E-state index contributed by atoms with van der Waals surface area (Å²) >= 11 is 0. The number of carbonyl (C=O) groups is 3. The normalized spacial score (nSPS) is 25.8. The van der Waals surface area contributed by atoms with Gasteiger partial charge in [-0.2, -0.15) is 0 Å². The topological polar surface area (TPSA) is 87.7 Å². The van der Waals surface area contributed by atoms with Gasteiger partial charge in [-0.05, 0) is 49.7 Å². The first-order chi connectivity index (χ1) is 13.6. The summed E-state index contributed by atoms with van der Waals surface area (Å²) in [4.78, 5) is 38.8. The lowest BCUT2D eigenvalue weighted by Gasteiger charge is -2.43. The Balaban J connectivity index is 1.50. The Morgan fingerprint density at radius 3 is 2.59 bits per heavy atom. The van der Waals surface area contributed by atoms with Crippen molar-refractivity contribution >= 4 is 17.8 Å². The summed E-state index contributed by atoms with van der Waals surface area (Å²) in [5.74, 6) is 0.403. The second kappa shape index (κ2) is 8.05. The van der Waals surface area contributed by atoms with Gasteiger partial charge in [-0.15, -0.1) is 0 Å². The molecule has 7 heteroatoms. The SMILES string of the molecule is Cc1ccc(OCCNC(=O)CN2C(=O)NC3(CC(C)CC(C)(C)C3)C2=O)cc1. The van der Waals surface area contributed by atoms with E-state index in [9.17, 15) is 14.4 Å². The van der Waals surface area contributed by atoms with Gasteiger partial charge in [0, 0.05) is 0 Å². The molecule has 2 N–H and O–H groups in total. The molecule has 2 aliphatic rings. The summed E-state index contributed by atoms with van der Waals surface area (Å²) in [6, 6.07) is 7.17. The number of ether oxygens (including phenoxy) is 1. The minimum absolute atomic E-state index is 0.0355. The van der Waals surface area contributed by atoms with E-state index in [1.165, 1.54) is 0 Å². The number of aryl methyl sites for hydroxylation is 1. The Bertz CT molecular complexity index is 790. The third kappa shape index (κ3) is 4.89. The summed E-state index contributed by atoms with van der Waals surface area (Å²) in [5.41, 5.74) is 0.229. The molecule has 0 radical (unpaired) electrons. The smallest absolute Gasteiger partial charge is 0.325 e. The standard InChI is InChI=1S/C22H31N3O4/c1-15-5-7-17(8-6-15)29-10-9-23-18(26)13-25-19(27)22(24-20(25)28)12-16(2)11-21(3,4)14-22/h5-8,16H,9-14H2,1-4H3,(H,23,26)(H,24,28). The highest BCUT2D eigenvalue weighted by Gasteiger charge is 2.56. The third-order valence-corrected chi connectivity index (χ3v) is 5.64. The van der Waals surface area contributed by atoms with Crippen LogP contribution < -0.4 is 15.4 Å². The summed E-state index contributed by atoms with van der Waals surface area (Å²) < 4.78 is 5.57. The molecule has 1 heterocycles. The molecule has 0 aromatic heterocycles. The highest BCUT2D eigenvalue weighted by molar-refractivity contribution is 6.09. The van der Waals surface area contributed by atoms with Crippen molar-refractivity contribution in [2.45, 2.75) is 52.5 Å². The maximum absolute atomic E-state index is 13.0. The van der Waals surface area contributed by atoms with Gasteiger partial charge >= 0.3 is 6.03 Å². The largest absolute Gasteiger partial charge is 0.492 e. The van der Waals surface area contributed by atoms with E-state index < -0.39 is 11.6 Å². The monoisotopic (exact) mass is 401 g/mol. The fourth-order valence-electron chi connectivity index (χ4n) is 4.84. The van der Waals surface area contributed by atoms with Crippen molar-refractivity contribution in [1.29, 1.82) is 0 Å². The number of imide groups is 1. The first kappa shape index (κ1) is 21.1. The van der Waals surface area contributed by atoms with Crippen LogP contribution in [0.4, 0.5) is 4.79 Å². The lowest BCUT2D eigenvalue weighted by molar-refractivity contribution is -0.137. The van der Waals surface area contributed by atoms with Crippen LogP contribution in [-0.2, 0) is 9.59 Å². The Morgan fingerprint density at radius 2 is 1.93 bits per heavy atom. The fourth-order valence-corrected chi connectivity index (χ4v) is 4.84. The van der Waals surface area contributed by atoms with Gasteiger partial charge in [0.15, 0.2) is 0 Å². The Labute approximate surface area is 172 Å². The van der Waals surface area contributed by atoms with Crippen molar-refractivity contribution in [2.24, 2.45) is 11.3 Å². The molecule has 3 rings (SSSR count). The zero-order chi connectivity index (χ0) is 21.2. The van der Waals surface area contributed by atoms with E-state index in [1.54, 1.807) is 0 Å². The number of hydrogen-bond acceptors (Lipinski definition) is 4. The molecule has 2 unspecified atom stereocenters. The van der Waals surface area contributed by atoms with Crippen LogP contribution in [0.15, 0.2) is 24.3 Å². The average Bonchev–Trinajstić information content (AvgIpc) is 2.82. The molecule has 1 spiro atoms. The van der Waals surface area contributed by atoms with Gasteiger partial charge in [-0.3, -0.25) is 14.5 Å². The van der Waals surface area contributed by atoms with Gasteiger partial charge in [0.2, 0.25) is 5.91 Å². The minimum atomic E-state index is -0.882.